The Balaban J connectivity index is 1.37. The summed E-state index contributed by atoms with van der Waals surface area (Å²) in [4.78, 5) is 25.7. The van der Waals surface area contributed by atoms with E-state index in [2.05, 4.69) is 26.8 Å². The number of rotatable bonds is 8. The lowest BCUT2D eigenvalue weighted by Gasteiger charge is -2.31. The number of sulfonamides is 1. The molecule has 1 saturated heterocycles. The molecule has 1 saturated carbocycles. The molecule has 8 nitrogen and oxygen atoms in total. The quantitative estimate of drug-likeness (QED) is 0.451. The topological polar surface area (TPSA) is 95.5 Å². The molecular weight excluding hydrogens is 506 g/mol. The molecule has 196 valence electrons. The highest BCUT2D eigenvalue weighted by molar-refractivity contribution is 7.89. The number of thiazole rings is 1. The van der Waals surface area contributed by atoms with Gasteiger partial charge >= 0.3 is 0 Å². The van der Waals surface area contributed by atoms with Crippen molar-refractivity contribution >= 4 is 48.8 Å². The summed E-state index contributed by atoms with van der Waals surface area (Å²) in [5, 5.41) is 3.53. The highest BCUT2D eigenvalue weighted by Gasteiger charge is 2.30. The van der Waals surface area contributed by atoms with E-state index < -0.39 is 10.0 Å². The van der Waals surface area contributed by atoms with Gasteiger partial charge in [0.1, 0.15) is 10.3 Å². The van der Waals surface area contributed by atoms with Gasteiger partial charge in [0.2, 0.25) is 15.9 Å². The van der Waals surface area contributed by atoms with Gasteiger partial charge in [-0.2, -0.15) is 4.31 Å². The first-order valence-corrected chi connectivity index (χ1v) is 15.1. The summed E-state index contributed by atoms with van der Waals surface area (Å²) in [5.74, 6) is -0.0199. The first-order valence-electron chi connectivity index (χ1n) is 12.8. The standard InChI is InChI=1S/C27H33N5O3S2/c1-3-21-10-13-24-26(28-21)36-27(29-24)30-25(33)23(18-19-6-4-5-7-19)20-8-11-22(12-9-20)37(34,35)32-16-14-31(2)15-17-32/h3,8-13,19,23H,1,4-7,14-18H2,2H3,(H,29,30,33). The van der Waals surface area contributed by atoms with Crippen molar-refractivity contribution in [1.82, 2.24) is 19.2 Å². The third-order valence-corrected chi connectivity index (χ3v) is 10.3. The van der Waals surface area contributed by atoms with Crippen molar-refractivity contribution in [3.63, 3.8) is 0 Å². The van der Waals surface area contributed by atoms with E-state index >= 15 is 0 Å². The van der Waals surface area contributed by atoms with Crippen LogP contribution in [0.3, 0.4) is 0 Å². The summed E-state index contributed by atoms with van der Waals surface area (Å²) in [7, 11) is -1.56. The molecule has 2 aliphatic rings. The molecule has 0 radical (unpaired) electrons. The predicted octanol–water partition coefficient (Wildman–Crippen LogP) is 4.57. The zero-order chi connectivity index (χ0) is 26.0. The Morgan fingerprint density at radius 1 is 1.11 bits per heavy atom. The molecule has 1 aromatic carbocycles. The molecule has 1 atom stereocenters. The van der Waals surface area contributed by atoms with Crippen molar-refractivity contribution in [2.75, 3.05) is 38.5 Å². The largest absolute Gasteiger partial charge is 0.304 e. The van der Waals surface area contributed by atoms with Gasteiger partial charge in [0.15, 0.2) is 5.13 Å². The molecular formula is C27H33N5O3S2. The first kappa shape index (κ1) is 26.0. The number of hydrogen-bond acceptors (Lipinski definition) is 7. The van der Waals surface area contributed by atoms with Gasteiger partial charge in [-0.1, -0.05) is 55.7 Å². The maximum Gasteiger partial charge on any atom is 0.243 e. The molecule has 1 unspecified atom stereocenters. The second-order valence-corrected chi connectivity index (χ2v) is 12.9. The van der Waals surface area contributed by atoms with Crippen molar-refractivity contribution in [1.29, 1.82) is 0 Å². The zero-order valence-electron chi connectivity index (χ0n) is 21.1. The summed E-state index contributed by atoms with van der Waals surface area (Å²) in [6.07, 6.45) is 7.04. The minimum absolute atomic E-state index is 0.121. The Morgan fingerprint density at radius 2 is 1.81 bits per heavy atom. The van der Waals surface area contributed by atoms with E-state index in [4.69, 9.17) is 0 Å². The Labute approximate surface area is 222 Å². The van der Waals surface area contributed by atoms with E-state index in [1.165, 1.54) is 24.2 Å². The summed E-state index contributed by atoms with van der Waals surface area (Å²) >= 11 is 1.34. The number of nitrogens with zero attached hydrogens (tertiary/aromatic N) is 4. The predicted molar refractivity (Wildman–Crippen MR) is 148 cm³/mol. The number of carbonyl (C=O) groups is 1. The van der Waals surface area contributed by atoms with E-state index in [-0.39, 0.29) is 16.7 Å². The lowest BCUT2D eigenvalue weighted by molar-refractivity contribution is -0.118. The van der Waals surface area contributed by atoms with Gasteiger partial charge < -0.3 is 10.2 Å². The van der Waals surface area contributed by atoms with E-state index in [9.17, 15) is 13.2 Å². The normalized spacial score (nSPS) is 18.7. The number of nitrogens with one attached hydrogen (secondary N) is 1. The summed E-state index contributed by atoms with van der Waals surface area (Å²) in [6.45, 7) is 6.17. The fourth-order valence-electron chi connectivity index (χ4n) is 5.21. The number of aromatic nitrogens is 2. The molecule has 2 fully saturated rings. The molecule has 3 heterocycles. The van der Waals surface area contributed by atoms with Crippen LogP contribution in [-0.2, 0) is 14.8 Å². The van der Waals surface area contributed by atoms with E-state index in [0.717, 1.165) is 54.0 Å². The second-order valence-electron chi connectivity index (χ2n) is 9.99. The molecule has 2 aromatic heterocycles. The van der Waals surface area contributed by atoms with Crippen molar-refractivity contribution in [3.05, 3.63) is 54.2 Å². The smallest absolute Gasteiger partial charge is 0.243 e. The third kappa shape index (κ3) is 5.77. The van der Waals surface area contributed by atoms with Crippen molar-refractivity contribution in [3.8, 4) is 0 Å². The van der Waals surface area contributed by atoms with Crippen LogP contribution in [0.15, 0.2) is 47.9 Å². The second kappa shape index (κ2) is 11.0. The number of fused-ring (bicyclic) bond motifs is 1. The number of pyridine rings is 1. The number of likely N-dealkylation sites (N-methyl/N-ethyl adjacent to an activating group) is 1. The molecule has 3 aromatic rings. The number of carbonyl (C=O) groups excluding carboxylic acids is 1. The Morgan fingerprint density at radius 3 is 2.49 bits per heavy atom. The van der Waals surface area contributed by atoms with Crippen molar-refractivity contribution in [2.45, 2.75) is 42.9 Å². The van der Waals surface area contributed by atoms with Crippen LogP contribution in [0.4, 0.5) is 5.13 Å². The molecule has 0 bridgehead atoms. The molecule has 1 aliphatic carbocycles. The summed E-state index contributed by atoms with van der Waals surface area (Å²) in [5.41, 5.74) is 2.33. The maximum absolute atomic E-state index is 13.5. The molecule has 10 heteroatoms. The van der Waals surface area contributed by atoms with Crippen LogP contribution < -0.4 is 5.32 Å². The SMILES string of the molecule is C=Cc1ccc2nc(NC(=O)C(CC3CCCC3)c3ccc(S(=O)(=O)N4CCN(C)CC4)cc3)sc2n1. The minimum Gasteiger partial charge on any atom is -0.304 e. The van der Waals surface area contributed by atoms with Crippen LogP contribution in [0.1, 0.15) is 49.3 Å². The maximum atomic E-state index is 13.5. The van der Waals surface area contributed by atoms with E-state index in [1.54, 1.807) is 34.6 Å². The van der Waals surface area contributed by atoms with Gasteiger partial charge in [-0.15, -0.1) is 0 Å². The van der Waals surface area contributed by atoms with Crippen LogP contribution >= 0.6 is 11.3 Å². The zero-order valence-corrected chi connectivity index (χ0v) is 22.7. The molecule has 37 heavy (non-hydrogen) atoms. The molecule has 1 amide bonds. The monoisotopic (exact) mass is 539 g/mol. The fourth-order valence-corrected chi connectivity index (χ4v) is 7.48. The Bertz CT molecular complexity index is 1370. The van der Waals surface area contributed by atoms with E-state index in [0.29, 0.717) is 24.1 Å². The molecule has 1 N–H and O–H groups in total. The summed E-state index contributed by atoms with van der Waals surface area (Å²) < 4.78 is 27.9. The number of hydrogen-bond donors (Lipinski definition) is 1. The van der Waals surface area contributed by atoms with Crippen molar-refractivity contribution in [2.24, 2.45) is 5.92 Å². The van der Waals surface area contributed by atoms with Gasteiger partial charge in [-0.3, -0.25) is 4.79 Å². The number of piperazine rings is 1. The lowest BCUT2D eigenvalue weighted by Crippen LogP contribution is -2.47. The molecule has 0 spiro atoms. The fraction of sp³-hybridized carbons (Fsp3) is 0.444. The first-order chi connectivity index (χ1) is 17.8. The van der Waals surface area contributed by atoms with Crippen molar-refractivity contribution < 1.29 is 13.2 Å². The van der Waals surface area contributed by atoms with Crippen LogP contribution in [0, 0.1) is 5.92 Å². The van der Waals surface area contributed by atoms with E-state index in [1.807, 2.05) is 19.2 Å². The Hall–Kier alpha value is -2.66. The van der Waals surface area contributed by atoms with Crippen LogP contribution in [0.25, 0.3) is 16.4 Å². The van der Waals surface area contributed by atoms with Gasteiger partial charge in [0, 0.05) is 26.2 Å². The Kier molecular flexibility index (Phi) is 7.71. The average molecular weight is 540 g/mol. The minimum atomic E-state index is -3.56. The summed E-state index contributed by atoms with van der Waals surface area (Å²) in [6, 6.07) is 10.6. The average Bonchev–Trinajstić information content (AvgIpc) is 3.56. The van der Waals surface area contributed by atoms with Crippen LogP contribution in [-0.4, -0.2) is 66.7 Å². The van der Waals surface area contributed by atoms with Crippen LogP contribution in [0.5, 0.6) is 0 Å². The third-order valence-electron chi connectivity index (χ3n) is 7.46. The van der Waals surface area contributed by atoms with Crippen LogP contribution in [0.2, 0.25) is 0 Å². The van der Waals surface area contributed by atoms with Gasteiger partial charge in [-0.05, 0) is 55.3 Å². The number of amides is 1. The number of benzene rings is 1. The molecule has 1 aliphatic heterocycles. The lowest BCUT2D eigenvalue weighted by atomic mass is 9.87. The van der Waals surface area contributed by atoms with Gasteiger partial charge in [0.25, 0.3) is 0 Å². The molecule has 5 rings (SSSR count). The highest BCUT2D eigenvalue weighted by Crippen LogP contribution is 2.36. The van der Waals surface area contributed by atoms with Gasteiger partial charge in [-0.25, -0.2) is 18.4 Å². The highest BCUT2D eigenvalue weighted by atomic mass is 32.2. The van der Waals surface area contributed by atoms with Gasteiger partial charge in [0.05, 0.1) is 16.5 Å². The number of anilines is 1.